The van der Waals surface area contributed by atoms with E-state index in [9.17, 15) is 0 Å². The highest BCUT2D eigenvalue weighted by Crippen LogP contribution is 2.47. The van der Waals surface area contributed by atoms with E-state index in [0.29, 0.717) is 0 Å². The third kappa shape index (κ3) is 3.13. The number of hydrazone groups is 1. The van der Waals surface area contributed by atoms with E-state index in [2.05, 4.69) is 59.5 Å². The van der Waals surface area contributed by atoms with Gasteiger partial charge in [-0.1, -0.05) is 48.2 Å². The predicted octanol–water partition coefficient (Wildman–Crippen LogP) is 5.39. The van der Waals surface area contributed by atoms with E-state index < -0.39 is 0 Å². The van der Waals surface area contributed by atoms with Crippen LogP contribution >= 0.6 is 11.8 Å². The third-order valence-corrected chi connectivity index (χ3v) is 5.41. The van der Waals surface area contributed by atoms with Gasteiger partial charge < -0.3 is 4.90 Å². The van der Waals surface area contributed by atoms with Crippen molar-refractivity contribution in [3.63, 3.8) is 0 Å². The molecule has 1 aliphatic heterocycles. The molecule has 0 atom stereocenters. The van der Waals surface area contributed by atoms with Gasteiger partial charge in [-0.25, -0.2) is 0 Å². The van der Waals surface area contributed by atoms with Crippen LogP contribution in [-0.4, -0.2) is 20.3 Å². The number of benzene rings is 3. The quantitative estimate of drug-likeness (QED) is 0.468. The molecule has 25 heavy (non-hydrogen) atoms. The highest BCUT2D eigenvalue weighted by molar-refractivity contribution is 7.99. The van der Waals surface area contributed by atoms with Crippen molar-refractivity contribution in [2.75, 3.05) is 24.0 Å². The van der Waals surface area contributed by atoms with Crippen LogP contribution in [0.2, 0.25) is 0 Å². The highest BCUT2D eigenvalue weighted by atomic mass is 32.2. The first kappa shape index (κ1) is 15.8. The van der Waals surface area contributed by atoms with Gasteiger partial charge in [0, 0.05) is 23.9 Å². The lowest BCUT2D eigenvalue weighted by molar-refractivity contribution is 1.02. The van der Waals surface area contributed by atoms with Gasteiger partial charge in [-0.2, -0.15) is 5.10 Å². The van der Waals surface area contributed by atoms with Crippen LogP contribution < -0.4 is 9.91 Å². The predicted molar refractivity (Wildman–Crippen MR) is 108 cm³/mol. The molecule has 0 spiro atoms. The van der Waals surface area contributed by atoms with Gasteiger partial charge in [0.25, 0.3) is 0 Å². The number of hydrogen-bond acceptors (Lipinski definition) is 4. The molecule has 1 heterocycles. The smallest absolute Gasteiger partial charge is 0.0590 e. The van der Waals surface area contributed by atoms with Crippen LogP contribution in [0.5, 0.6) is 0 Å². The molecule has 3 aromatic carbocycles. The number of para-hydroxylation sites is 2. The van der Waals surface area contributed by atoms with E-state index in [0.717, 1.165) is 11.3 Å². The molecular formula is C21H19N3S. The Morgan fingerprint density at radius 3 is 2.44 bits per heavy atom. The van der Waals surface area contributed by atoms with Crippen molar-refractivity contribution in [2.45, 2.75) is 9.79 Å². The highest BCUT2D eigenvalue weighted by Gasteiger charge is 2.20. The second-order valence-corrected chi connectivity index (χ2v) is 7.04. The number of anilines is 3. The average Bonchev–Trinajstić information content (AvgIpc) is 2.67. The Morgan fingerprint density at radius 1 is 0.880 bits per heavy atom. The van der Waals surface area contributed by atoms with Gasteiger partial charge in [-0.3, -0.25) is 5.01 Å². The summed E-state index contributed by atoms with van der Waals surface area (Å²) >= 11 is 1.81. The first-order valence-corrected chi connectivity index (χ1v) is 9.01. The fourth-order valence-electron chi connectivity index (χ4n) is 2.90. The maximum Gasteiger partial charge on any atom is 0.0590 e. The maximum atomic E-state index is 4.56. The normalized spacial score (nSPS) is 12.8. The zero-order chi connectivity index (χ0) is 17.2. The molecule has 0 saturated carbocycles. The lowest BCUT2D eigenvalue weighted by Gasteiger charge is -2.29. The first-order chi connectivity index (χ1) is 12.2. The van der Waals surface area contributed by atoms with Crippen molar-refractivity contribution < 1.29 is 0 Å². The fraction of sp³-hybridized carbons (Fsp3) is 0.0952. The number of fused-ring (bicyclic) bond motifs is 2. The van der Waals surface area contributed by atoms with E-state index in [4.69, 9.17) is 0 Å². The molecule has 4 rings (SSSR count). The minimum Gasteiger partial charge on any atom is -0.343 e. The van der Waals surface area contributed by atoms with Crippen molar-refractivity contribution in [3.05, 3.63) is 78.4 Å². The molecule has 0 aliphatic carbocycles. The van der Waals surface area contributed by atoms with Gasteiger partial charge >= 0.3 is 0 Å². The number of rotatable bonds is 3. The van der Waals surface area contributed by atoms with Crippen LogP contribution in [0.4, 0.5) is 17.1 Å². The molecular weight excluding hydrogens is 326 g/mol. The van der Waals surface area contributed by atoms with Crippen LogP contribution in [0.15, 0.2) is 87.7 Å². The molecule has 0 fully saturated rings. The Balaban J connectivity index is 1.59. The summed E-state index contributed by atoms with van der Waals surface area (Å²) < 4.78 is 0. The Hall–Kier alpha value is -2.72. The molecule has 4 heteroatoms. The van der Waals surface area contributed by atoms with Crippen LogP contribution in [0.25, 0.3) is 0 Å². The largest absolute Gasteiger partial charge is 0.343 e. The van der Waals surface area contributed by atoms with E-state index in [1.807, 2.05) is 60.4 Å². The van der Waals surface area contributed by atoms with Crippen LogP contribution in [0, 0.1) is 0 Å². The summed E-state index contributed by atoms with van der Waals surface area (Å²) in [4.78, 5) is 4.79. The minimum atomic E-state index is 1.07. The molecule has 1 aliphatic rings. The van der Waals surface area contributed by atoms with E-state index in [1.165, 1.54) is 21.2 Å². The van der Waals surface area contributed by atoms with Crippen LogP contribution in [-0.2, 0) is 0 Å². The van der Waals surface area contributed by atoms with Crippen LogP contribution in [0.1, 0.15) is 5.56 Å². The van der Waals surface area contributed by atoms with Gasteiger partial charge in [-0.15, -0.1) is 0 Å². The molecule has 0 unspecified atom stereocenters. The lowest BCUT2D eigenvalue weighted by Crippen LogP contribution is -2.14. The minimum absolute atomic E-state index is 1.07. The SMILES string of the molecule is CN(N=Cc1ccc2c(c1)Sc1ccccc1N2C)c1ccccc1. The molecule has 0 saturated heterocycles. The fourth-order valence-corrected chi connectivity index (χ4v) is 4.10. The van der Waals surface area contributed by atoms with Crippen molar-refractivity contribution in [3.8, 4) is 0 Å². The van der Waals surface area contributed by atoms with E-state index in [1.54, 1.807) is 0 Å². The molecule has 3 nitrogen and oxygen atoms in total. The van der Waals surface area contributed by atoms with Gasteiger partial charge in [0.1, 0.15) is 0 Å². The summed E-state index contributed by atoms with van der Waals surface area (Å²) in [7, 11) is 4.08. The summed E-state index contributed by atoms with van der Waals surface area (Å²) in [5.74, 6) is 0. The number of hydrogen-bond donors (Lipinski definition) is 0. The summed E-state index contributed by atoms with van der Waals surface area (Å²) in [6.07, 6.45) is 1.91. The standard InChI is InChI=1S/C21H19N3S/c1-23-18-10-6-7-11-20(18)25-21-14-16(12-13-19(21)23)15-22-24(2)17-8-4-3-5-9-17/h3-15H,1-2H3. The summed E-state index contributed by atoms with van der Waals surface area (Å²) in [5, 5.41) is 6.45. The summed E-state index contributed by atoms with van der Waals surface area (Å²) in [6.45, 7) is 0. The summed E-state index contributed by atoms with van der Waals surface area (Å²) in [5.41, 5.74) is 4.66. The van der Waals surface area contributed by atoms with Crippen molar-refractivity contribution >= 4 is 35.0 Å². The Kier molecular flexibility index (Phi) is 4.20. The molecule has 0 aromatic heterocycles. The van der Waals surface area contributed by atoms with Crippen LogP contribution in [0.3, 0.4) is 0 Å². The zero-order valence-electron chi connectivity index (χ0n) is 14.3. The second kappa shape index (κ2) is 6.65. The van der Waals surface area contributed by atoms with Gasteiger partial charge in [0.05, 0.1) is 23.3 Å². The molecule has 0 radical (unpaired) electrons. The Bertz CT molecular complexity index is 921. The van der Waals surface area contributed by atoms with Gasteiger partial charge in [0.2, 0.25) is 0 Å². The van der Waals surface area contributed by atoms with E-state index >= 15 is 0 Å². The monoisotopic (exact) mass is 345 g/mol. The Labute approximate surface area is 152 Å². The summed E-state index contributed by atoms with van der Waals surface area (Å²) in [6, 6.07) is 25.1. The second-order valence-electron chi connectivity index (χ2n) is 5.96. The topological polar surface area (TPSA) is 18.8 Å². The zero-order valence-corrected chi connectivity index (χ0v) is 15.1. The molecule has 0 bridgehead atoms. The molecule has 0 N–H and O–H groups in total. The van der Waals surface area contributed by atoms with Gasteiger partial charge in [-0.05, 0) is 42.0 Å². The first-order valence-electron chi connectivity index (χ1n) is 8.20. The third-order valence-electron chi connectivity index (χ3n) is 4.30. The average molecular weight is 345 g/mol. The molecule has 3 aromatic rings. The maximum absolute atomic E-state index is 4.56. The van der Waals surface area contributed by atoms with Gasteiger partial charge in [0.15, 0.2) is 0 Å². The number of nitrogens with zero attached hydrogens (tertiary/aromatic N) is 3. The van der Waals surface area contributed by atoms with Crippen molar-refractivity contribution in [1.29, 1.82) is 0 Å². The lowest BCUT2D eigenvalue weighted by atomic mass is 10.2. The van der Waals surface area contributed by atoms with E-state index in [-0.39, 0.29) is 0 Å². The Morgan fingerprint density at radius 2 is 1.60 bits per heavy atom. The van der Waals surface area contributed by atoms with Crippen molar-refractivity contribution in [1.82, 2.24) is 0 Å². The molecule has 0 amide bonds. The van der Waals surface area contributed by atoms with Crippen molar-refractivity contribution in [2.24, 2.45) is 5.10 Å². The molecule has 124 valence electrons.